The van der Waals surface area contributed by atoms with E-state index in [0.29, 0.717) is 5.82 Å². The van der Waals surface area contributed by atoms with Crippen LogP contribution in [0.25, 0.3) is 5.57 Å². The maximum atomic E-state index is 6.08. The van der Waals surface area contributed by atoms with Crippen molar-refractivity contribution in [2.75, 3.05) is 12.3 Å². The number of pyridine rings is 1. The molecule has 0 atom stereocenters. The molecule has 5 nitrogen and oxygen atoms in total. The summed E-state index contributed by atoms with van der Waals surface area (Å²) in [5.41, 5.74) is 8.06. The molecule has 3 N–H and O–H groups in total. The van der Waals surface area contributed by atoms with Crippen LogP contribution in [-0.4, -0.2) is 29.8 Å². The van der Waals surface area contributed by atoms with E-state index in [4.69, 9.17) is 15.0 Å². The van der Waals surface area contributed by atoms with E-state index in [-0.39, 0.29) is 11.2 Å². The summed E-state index contributed by atoms with van der Waals surface area (Å²) in [6.07, 6.45) is 7.76. The second-order valence-corrected chi connectivity index (χ2v) is 6.70. The number of dihydropyridines is 1. The molecule has 0 spiro atoms. The molecule has 1 fully saturated rings. The Kier molecular flexibility index (Phi) is 3.53. The summed E-state index contributed by atoms with van der Waals surface area (Å²) in [4.78, 5) is 4.31. The molecule has 3 heterocycles. The summed E-state index contributed by atoms with van der Waals surface area (Å²) in [6, 6.07) is 1.99. The summed E-state index contributed by atoms with van der Waals surface area (Å²) in [5.74, 6) is 0.500. The molecular formula is C16H22BN3O2. The van der Waals surface area contributed by atoms with Crippen LogP contribution < -0.4 is 16.5 Å². The number of aromatic nitrogens is 1. The van der Waals surface area contributed by atoms with Crippen molar-refractivity contribution in [3.8, 4) is 0 Å². The lowest BCUT2D eigenvalue weighted by Crippen LogP contribution is -2.41. The van der Waals surface area contributed by atoms with Crippen molar-refractivity contribution in [1.82, 2.24) is 10.3 Å². The average Bonchev–Trinajstić information content (AvgIpc) is 2.69. The number of nitrogens with zero attached hydrogens (tertiary/aromatic N) is 1. The van der Waals surface area contributed by atoms with E-state index in [2.05, 4.69) is 16.4 Å². The molecule has 1 saturated heterocycles. The van der Waals surface area contributed by atoms with Crippen molar-refractivity contribution >= 4 is 24.0 Å². The standard InChI is InChI=1S/C16H22BN3O2/c1-15(2)16(3,4)22-17(21-15)12-8-13(14(18)20-10-12)11-6-5-7-19-9-11/h5-6,8-10,19H,7H2,1-4H3,(H2,18,20). The number of rotatable bonds is 2. The van der Waals surface area contributed by atoms with Crippen LogP contribution in [0, 0.1) is 0 Å². The molecule has 22 heavy (non-hydrogen) atoms. The zero-order valence-corrected chi connectivity index (χ0v) is 13.5. The highest BCUT2D eigenvalue weighted by molar-refractivity contribution is 6.62. The van der Waals surface area contributed by atoms with E-state index in [0.717, 1.165) is 23.1 Å². The topological polar surface area (TPSA) is 69.4 Å². The largest absolute Gasteiger partial charge is 0.496 e. The lowest BCUT2D eigenvalue weighted by molar-refractivity contribution is 0.00578. The quantitative estimate of drug-likeness (QED) is 0.809. The van der Waals surface area contributed by atoms with E-state index in [1.54, 1.807) is 6.20 Å². The predicted octanol–water partition coefficient (Wildman–Crippen LogP) is 1.46. The number of hydrogen-bond acceptors (Lipinski definition) is 5. The SMILES string of the molecule is CC1(C)OB(c2cnc(N)c(C3=CNCC=C3)c2)OC1(C)C. The minimum atomic E-state index is -0.432. The summed E-state index contributed by atoms with van der Waals surface area (Å²) in [7, 11) is -0.432. The van der Waals surface area contributed by atoms with Crippen molar-refractivity contribution in [3.05, 3.63) is 36.2 Å². The highest BCUT2D eigenvalue weighted by atomic mass is 16.7. The molecule has 2 aliphatic rings. The lowest BCUT2D eigenvalue weighted by Gasteiger charge is -2.32. The average molecular weight is 299 g/mol. The van der Waals surface area contributed by atoms with Gasteiger partial charge in [-0.1, -0.05) is 12.2 Å². The molecule has 0 bridgehead atoms. The van der Waals surface area contributed by atoms with Gasteiger partial charge in [-0.2, -0.15) is 0 Å². The fraction of sp³-hybridized carbons (Fsp3) is 0.438. The van der Waals surface area contributed by atoms with Crippen LogP contribution >= 0.6 is 0 Å². The van der Waals surface area contributed by atoms with Crippen LogP contribution in [0.2, 0.25) is 0 Å². The monoisotopic (exact) mass is 299 g/mol. The van der Waals surface area contributed by atoms with E-state index in [1.165, 1.54) is 0 Å². The number of anilines is 1. The smallest absolute Gasteiger partial charge is 0.399 e. The first-order chi connectivity index (χ1) is 10.3. The molecule has 0 unspecified atom stereocenters. The molecule has 0 aromatic carbocycles. The fourth-order valence-corrected chi connectivity index (χ4v) is 2.47. The van der Waals surface area contributed by atoms with Crippen molar-refractivity contribution in [2.24, 2.45) is 0 Å². The fourth-order valence-electron chi connectivity index (χ4n) is 2.47. The molecular weight excluding hydrogens is 277 g/mol. The molecule has 0 saturated carbocycles. The molecule has 6 heteroatoms. The van der Waals surface area contributed by atoms with Gasteiger partial charge in [0.1, 0.15) is 5.82 Å². The first-order valence-corrected chi connectivity index (χ1v) is 7.52. The van der Waals surface area contributed by atoms with Crippen LogP contribution in [0.15, 0.2) is 30.6 Å². The van der Waals surface area contributed by atoms with Crippen molar-refractivity contribution < 1.29 is 9.31 Å². The Morgan fingerprint density at radius 1 is 1.23 bits per heavy atom. The van der Waals surface area contributed by atoms with Gasteiger partial charge < -0.3 is 20.4 Å². The summed E-state index contributed by atoms with van der Waals surface area (Å²) in [5, 5.41) is 3.18. The third kappa shape index (κ3) is 2.53. The Labute approximate surface area is 131 Å². The molecule has 0 aliphatic carbocycles. The maximum absolute atomic E-state index is 6.08. The van der Waals surface area contributed by atoms with Gasteiger partial charge in [-0.3, -0.25) is 0 Å². The minimum Gasteiger partial charge on any atom is -0.399 e. The van der Waals surface area contributed by atoms with Gasteiger partial charge in [-0.15, -0.1) is 0 Å². The first kappa shape index (κ1) is 15.1. The van der Waals surface area contributed by atoms with Gasteiger partial charge in [0.2, 0.25) is 0 Å². The van der Waals surface area contributed by atoms with Gasteiger partial charge in [0.05, 0.1) is 11.2 Å². The lowest BCUT2D eigenvalue weighted by atomic mass is 9.79. The number of allylic oxidation sites excluding steroid dienone is 2. The van der Waals surface area contributed by atoms with E-state index < -0.39 is 7.12 Å². The molecule has 1 aromatic heterocycles. The van der Waals surface area contributed by atoms with Gasteiger partial charge in [-0.05, 0) is 33.8 Å². The van der Waals surface area contributed by atoms with Gasteiger partial charge in [0.25, 0.3) is 0 Å². The van der Waals surface area contributed by atoms with Gasteiger partial charge >= 0.3 is 7.12 Å². The Balaban J connectivity index is 1.94. The highest BCUT2D eigenvalue weighted by Gasteiger charge is 2.51. The summed E-state index contributed by atoms with van der Waals surface area (Å²) in [6.45, 7) is 8.97. The van der Waals surface area contributed by atoms with Gasteiger partial charge in [0.15, 0.2) is 0 Å². The molecule has 2 aliphatic heterocycles. The Morgan fingerprint density at radius 2 is 1.91 bits per heavy atom. The van der Waals surface area contributed by atoms with E-state index in [1.807, 2.05) is 46.0 Å². The maximum Gasteiger partial charge on any atom is 0.496 e. The van der Waals surface area contributed by atoms with Crippen molar-refractivity contribution in [2.45, 2.75) is 38.9 Å². The van der Waals surface area contributed by atoms with E-state index in [9.17, 15) is 0 Å². The van der Waals surface area contributed by atoms with Gasteiger partial charge in [-0.25, -0.2) is 4.98 Å². The van der Waals surface area contributed by atoms with Crippen molar-refractivity contribution in [1.29, 1.82) is 0 Å². The Hall–Kier alpha value is -1.79. The van der Waals surface area contributed by atoms with Crippen LogP contribution in [0.1, 0.15) is 33.3 Å². The second kappa shape index (κ2) is 5.14. The van der Waals surface area contributed by atoms with Gasteiger partial charge in [0, 0.05) is 35.5 Å². The zero-order valence-electron chi connectivity index (χ0n) is 13.5. The minimum absolute atomic E-state index is 0.370. The third-order valence-corrected chi connectivity index (χ3v) is 4.57. The Bertz CT molecular complexity index is 637. The van der Waals surface area contributed by atoms with Crippen LogP contribution in [0.5, 0.6) is 0 Å². The molecule has 0 amide bonds. The number of nitrogens with one attached hydrogen (secondary N) is 1. The van der Waals surface area contributed by atoms with E-state index >= 15 is 0 Å². The van der Waals surface area contributed by atoms with Crippen LogP contribution in [0.4, 0.5) is 5.82 Å². The number of nitrogens with two attached hydrogens (primary N) is 1. The molecule has 116 valence electrons. The zero-order chi connectivity index (χ0) is 16.0. The predicted molar refractivity (Wildman–Crippen MR) is 89.5 cm³/mol. The second-order valence-electron chi connectivity index (χ2n) is 6.70. The van der Waals surface area contributed by atoms with Crippen molar-refractivity contribution in [3.63, 3.8) is 0 Å². The Morgan fingerprint density at radius 3 is 2.50 bits per heavy atom. The molecule has 0 radical (unpaired) electrons. The third-order valence-electron chi connectivity index (χ3n) is 4.57. The number of hydrogen-bond donors (Lipinski definition) is 2. The molecule has 1 aromatic rings. The normalized spacial score (nSPS) is 22.4. The number of nitrogen functional groups attached to an aromatic ring is 1. The summed E-state index contributed by atoms with van der Waals surface area (Å²) < 4.78 is 12.2. The van der Waals surface area contributed by atoms with Crippen LogP contribution in [0.3, 0.4) is 0 Å². The summed E-state index contributed by atoms with van der Waals surface area (Å²) >= 11 is 0. The molecule has 3 rings (SSSR count). The highest BCUT2D eigenvalue weighted by Crippen LogP contribution is 2.36. The van der Waals surface area contributed by atoms with Crippen LogP contribution in [-0.2, 0) is 9.31 Å². The first-order valence-electron chi connectivity index (χ1n) is 7.52.